The largest absolute Gasteiger partial charge is 0.508 e. The fraction of sp³-hybridized carbons (Fsp3) is 0.227. The molecule has 1 amide bonds. The Kier molecular flexibility index (Phi) is 5.69. The van der Waals surface area contributed by atoms with Crippen molar-refractivity contribution in [2.24, 2.45) is 5.10 Å². The van der Waals surface area contributed by atoms with Crippen molar-refractivity contribution >= 4 is 17.3 Å². The smallest absolute Gasteiger partial charge is 0.320 e. The quantitative estimate of drug-likeness (QED) is 0.432. The number of aryl methyl sites for hydroxylation is 1. The van der Waals surface area contributed by atoms with Crippen LogP contribution in [0.1, 0.15) is 41.0 Å². The number of methoxy groups -OCH3 is 1. The van der Waals surface area contributed by atoms with Crippen molar-refractivity contribution in [1.82, 2.24) is 14.8 Å². The number of aromatic hydroxyl groups is 2. The molecular formula is C22H21N5O6. The molecule has 0 saturated heterocycles. The van der Waals surface area contributed by atoms with Gasteiger partial charge in [-0.05, 0) is 31.2 Å². The molecule has 0 spiro atoms. The number of hydrazone groups is 1. The van der Waals surface area contributed by atoms with Crippen molar-refractivity contribution in [3.8, 4) is 17.2 Å². The van der Waals surface area contributed by atoms with E-state index in [1.807, 2.05) is 0 Å². The minimum absolute atomic E-state index is 0.0337. The first-order valence-corrected chi connectivity index (χ1v) is 10.1. The lowest BCUT2D eigenvalue weighted by Crippen LogP contribution is -2.28. The predicted molar refractivity (Wildman–Crippen MR) is 117 cm³/mol. The topological polar surface area (TPSA) is 143 Å². The van der Waals surface area contributed by atoms with Crippen LogP contribution in [0.25, 0.3) is 0 Å². The second kappa shape index (κ2) is 8.61. The van der Waals surface area contributed by atoms with Gasteiger partial charge in [0.1, 0.15) is 11.9 Å². The number of nitrogens with zero attached hydrogens (tertiary/aromatic N) is 5. The Hall–Kier alpha value is -4.41. The van der Waals surface area contributed by atoms with Crippen molar-refractivity contribution in [2.45, 2.75) is 25.9 Å². The van der Waals surface area contributed by atoms with E-state index in [0.717, 1.165) is 5.01 Å². The number of aromatic nitrogens is 2. The van der Waals surface area contributed by atoms with Crippen LogP contribution >= 0.6 is 0 Å². The maximum atomic E-state index is 13.4. The summed E-state index contributed by atoms with van der Waals surface area (Å²) in [6, 6.07) is 10.5. The second-order valence-corrected chi connectivity index (χ2v) is 7.34. The molecule has 0 unspecified atom stereocenters. The number of rotatable bonds is 6. The summed E-state index contributed by atoms with van der Waals surface area (Å²) in [6.45, 7) is 2.10. The van der Waals surface area contributed by atoms with Gasteiger partial charge in [0.15, 0.2) is 11.5 Å². The zero-order valence-electron chi connectivity index (χ0n) is 17.9. The molecule has 11 nitrogen and oxygen atoms in total. The van der Waals surface area contributed by atoms with Gasteiger partial charge in [-0.2, -0.15) is 10.2 Å². The standard InChI is InChI=1S/C22H21N5O6/c1-3-25-12-17(27(31)32)21(24-25)22(30)26-16(14-6-4-5-7-18(14)28)11-15(23-26)13-8-9-19(29)20(10-13)33-2/h4-10,12,16,28-29H,3,11H2,1-2H3/t16-/m0/s1. The fourth-order valence-corrected chi connectivity index (χ4v) is 3.71. The van der Waals surface area contributed by atoms with Crippen molar-refractivity contribution in [3.63, 3.8) is 0 Å². The molecule has 4 rings (SSSR count). The number of nitro groups is 1. The first kappa shape index (κ1) is 21.8. The van der Waals surface area contributed by atoms with Gasteiger partial charge in [-0.25, -0.2) is 5.01 Å². The summed E-state index contributed by atoms with van der Waals surface area (Å²) in [4.78, 5) is 24.3. The van der Waals surface area contributed by atoms with Crippen LogP contribution < -0.4 is 4.74 Å². The molecule has 170 valence electrons. The van der Waals surface area contributed by atoms with Crippen molar-refractivity contribution < 1.29 is 24.7 Å². The van der Waals surface area contributed by atoms with Crippen molar-refractivity contribution in [1.29, 1.82) is 0 Å². The highest BCUT2D eigenvalue weighted by molar-refractivity contribution is 6.05. The van der Waals surface area contributed by atoms with Crippen LogP contribution in [0, 0.1) is 10.1 Å². The third-order valence-electron chi connectivity index (χ3n) is 5.39. The van der Waals surface area contributed by atoms with Crippen LogP contribution in [0.15, 0.2) is 53.8 Å². The summed E-state index contributed by atoms with van der Waals surface area (Å²) in [5.74, 6) is -0.612. The summed E-state index contributed by atoms with van der Waals surface area (Å²) in [6.07, 6.45) is 1.42. The van der Waals surface area contributed by atoms with E-state index in [-0.39, 0.29) is 29.4 Å². The van der Waals surface area contributed by atoms with Gasteiger partial charge in [-0.1, -0.05) is 18.2 Å². The first-order chi connectivity index (χ1) is 15.8. The number of benzene rings is 2. The van der Waals surface area contributed by atoms with E-state index in [0.29, 0.717) is 23.4 Å². The SMILES string of the molecule is CCn1cc([N+](=O)[O-])c(C(=O)N2N=C(c3ccc(O)c(OC)c3)C[C@H]2c2ccccc2O)n1. The lowest BCUT2D eigenvalue weighted by molar-refractivity contribution is -0.385. The van der Waals surface area contributed by atoms with Gasteiger partial charge in [0.25, 0.3) is 0 Å². The van der Waals surface area contributed by atoms with E-state index in [9.17, 15) is 25.1 Å². The number of carbonyl (C=O) groups excluding carboxylic acids is 1. The van der Waals surface area contributed by atoms with Gasteiger partial charge >= 0.3 is 11.6 Å². The Labute approximate surface area is 188 Å². The minimum atomic E-state index is -0.761. The molecule has 2 aromatic carbocycles. The predicted octanol–water partition coefficient (Wildman–Crippen LogP) is 3.22. The summed E-state index contributed by atoms with van der Waals surface area (Å²) >= 11 is 0. The molecule has 0 fully saturated rings. The normalized spacial score (nSPS) is 15.4. The van der Waals surface area contributed by atoms with E-state index >= 15 is 0 Å². The lowest BCUT2D eigenvalue weighted by Gasteiger charge is -2.21. The number of hydrogen-bond acceptors (Lipinski definition) is 8. The number of ether oxygens (including phenoxy) is 1. The summed E-state index contributed by atoms with van der Waals surface area (Å²) in [7, 11) is 1.42. The van der Waals surface area contributed by atoms with Crippen LogP contribution in [-0.2, 0) is 6.54 Å². The zero-order chi connectivity index (χ0) is 23.7. The highest BCUT2D eigenvalue weighted by atomic mass is 16.6. The molecule has 33 heavy (non-hydrogen) atoms. The highest BCUT2D eigenvalue weighted by Crippen LogP contribution is 2.39. The molecule has 0 aliphatic carbocycles. The molecule has 2 N–H and O–H groups in total. The van der Waals surface area contributed by atoms with Crippen LogP contribution in [0.4, 0.5) is 5.69 Å². The van der Waals surface area contributed by atoms with Crippen LogP contribution in [0.2, 0.25) is 0 Å². The van der Waals surface area contributed by atoms with E-state index in [2.05, 4.69) is 10.2 Å². The Bertz CT molecular complexity index is 1270. The average Bonchev–Trinajstić information content (AvgIpc) is 3.44. The van der Waals surface area contributed by atoms with Gasteiger partial charge in [0.05, 0.1) is 23.8 Å². The van der Waals surface area contributed by atoms with Gasteiger partial charge < -0.3 is 14.9 Å². The van der Waals surface area contributed by atoms with Gasteiger partial charge in [-0.3, -0.25) is 19.6 Å². The first-order valence-electron chi connectivity index (χ1n) is 10.1. The van der Waals surface area contributed by atoms with E-state index < -0.39 is 22.6 Å². The molecule has 0 radical (unpaired) electrons. The number of carbonyl (C=O) groups is 1. The average molecular weight is 451 g/mol. The van der Waals surface area contributed by atoms with E-state index in [4.69, 9.17) is 4.74 Å². The fourth-order valence-electron chi connectivity index (χ4n) is 3.71. The molecule has 1 aliphatic rings. The lowest BCUT2D eigenvalue weighted by atomic mass is 9.97. The monoisotopic (exact) mass is 451 g/mol. The molecule has 2 heterocycles. The van der Waals surface area contributed by atoms with E-state index in [1.165, 1.54) is 30.1 Å². The third-order valence-corrected chi connectivity index (χ3v) is 5.39. The van der Waals surface area contributed by atoms with Crippen LogP contribution in [-0.4, -0.2) is 48.7 Å². The molecule has 1 aliphatic heterocycles. The highest BCUT2D eigenvalue weighted by Gasteiger charge is 2.39. The van der Waals surface area contributed by atoms with Gasteiger partial charge in [0.2, 0.25) is 5.69 Å². The van der Waals surface area contributed by atoms with Crippen molar-refractivity contribution in [3.05, 3.63) is 75.6 Å². The van der Waals surface area contributed by atoms with Gasteiger partial charge in [-0.15, -0.1) is 0 Å². The molecule has 3 aromatic rings. The van der Waals surface area contributed by atoms with Crippen molar-refractivity contribution in [2.75, 3.05) is 7.11 Å². The molecule has 0 bridgehead atoms. The Morgan fingerprint density at radius 2 is 2.00 bits per heavy atom. The molecule has 1 aromatic heterocycles. The summed E-state index contributed by atoms with van der Waals surface area (Å²) < 4.78 is 6.47. The number of phenols is 2. The second-order valence-electron chi connectivity index (χ2n) is 7.34. The Morgan fingerprint density at radius 3 is 2.67 bits per heavy atom. The van der Waals surface area contributed by atoms with E-state index in [1.54, 1.807) is 37.3 Å². The summed E-state index contributed by atoms with van der Waals surface area (Å²) in [5.41, 5.74) is 0.748. The molecule has 1 atom stereocenters. The zero-order valence-corrected chi connectivity index (χ0v) is 17.9. The maximum Gasteiger partial charge on any atom is 0.320 e. The van der Waals surface area contributed by atoms with Crippen LogP contribution in [0.5, 0.6) is 17.2 Å². The minimum Gasteiger partial charge on any atom is -0.508 e. The third kappa shape index (κ3) is 3.95. The van der Waals surface area contributed by atoms with Gasteiger partial charge in [0, 0.05) is 24.1 Å². The number of phenolic OH excluding ortho intramolecular Hbond substituents is 2. The van der Waals surface area contributed by atoms with Crippen LogP contribution in [0.3, 0.4) is 0 Å². The number of hydrogen-bond donors (Lipinski definition) is 2. The number of para-hydroxylation sites is 1. The number of amides is 1. The Morgan fingerprint density at radius 1 is 1.24 bits per heavy atom. The summed E-state index contributed by atoms with van der Waals surface area (Å²) in [5, 5.41) is 41.5. The molecule has 0 saturated carbocycles. The Balaban J connectivity index is 1.81. The molecule has 11 heteroatoms. The maximum absolute atomic E-state index is 13.4. The molecular weight excluding hydrogens is 430 g/mol.